The van der Waals surface area contributed by atoms with E-state index in [-0.39, 0.29) is 11.8 Å². The summed E-state index contributed by atoms with van der Waals surface area (Å²) in [6.45, 7) is 7.60. The fourth-order valence-electron chi connectivity index (χ4n) is 5.85. The number of carbonyl (C=O) groups excluding carboxylic acids is 2. The molecule has 1 saturated heterocycles. The number of β-amino-alcohol motifs (C(OH)–C–C–N with tert-alkyl or cyclic N) is 1. The van der Waals surface area contributed by atoms with Crippen molar-refractivity contribution in [2.24, 2.45) is 5.92 Å². The Kier molecular flexibility index (Phi) is 7.58. The molecular weight excluding hydrogens is 452 g/mol. The van der Waals surface area contributed by atoms with Crippen LogP contribution in [0.1, 0.15) is 46.8 Å². The van der Waals surface area contributed by atoms with Crippen molar-refractivity contribution in [3.8, 4) is 0 Å². The number of benzene rings is 2. The summed E-state index contributed by atoms with van der Waals surface area (Å²) in [6.07, 6.45) is 3.30. The van der Waals surface area contributed by atoms with Gasteiger partial charge in [-0.25, -0.2) is 0 Å². The van der Waals surface area contributed by atoms with Gasteiger partial charge in [0.1, 0.15) is 0 Å². The van der Waals surface area contributed by atoms with Gasteiger partial charge in [-0.15, -0.1) is 0 Å². The largest absolute Gasteiger partial charge is 0.390 e. The first kappa shape index (κ1) is 24.8. The van der Waals surface area contributed by atoms with Crippen LogP contribution in [0.4, 0.5) is 5.69 Å². The predicted molar refractivity (Wildman–Crippen MR) is 141 cm³/mol. The van der Waals surface area contributed by atoms with Crippen LogP contribution >= 0.6 is 0 Å². The number of anilines is 1. The van der Waals surface area contributed by atoms with Crippen molar-refractivity contribution >= 4 is 17.5 Å². The number of likely N-dealkylation sites (tertiary alicyclic amines) is 1. The van der Waals surface area contributed by atoms with Crippen molar-refractivity contribution in [3.63, 3.8) is 0 Å². The Morgan fingerprint density at radius 1 is 1.00 bits per heavy atom. The highest BCUT2D eigenvalue weighted by atomic mass is 16.3. The van der Waals surface area contributed by atoms with Gasteiger partial charge in [0, 0.05) is 70.5 Å². The number of piperidine rings is 1. The van der Waals surface area contributed by atoms with Crippen molar-refractivity contribution in [1.82, 2.24) is 14.7 Å². The molecule has 2 N–H and O–H groups in total. The zero-order valence-corrected chi connectivity index (χ0v) is 21.3. The van der Waals surface area contributed by atoms with Gasteiger partial charge < -0.3 is 20.2 Å². The molecule has 1 fully saturated rings. The maximum atomic E-state index is 13.2. The topological polar surface area (TPSA) is 76.1 Å². The summed E-state index contributed by atoms with van der Waals surface area (Å²) >= 11 is 0. The van der Waals surface area contributed by atoms with E-state index in [9.17, 15) is 14.7 Å². The van der Waals surface area contributed by atoms with Crippen LogP contribution in [0, 0.1) is 5.92 Å². The lowest BCUT2D eigenvalue weighted by molar-refractivity contribution is -0.130. The average molecular weight is 491 g/mol. The summed E-state index contributed by atoms with van der Waals surface area (Å²) in [4.78, 5) is 30.7. The van der Waals surface area contributed by atoms with Gasteiger partial charge in [0.05, 0.1) is 6.10 Å². The fourth-order valence-corrected chi connectivity index (χ4v) is 5.85. The summed E-state index contributed by atoms with van der Waals surface area (Å²) in [5, 5.41) is 14.3. The molecule has 5 rings (SSSR count). The van der Waals surface area contributed by atoms with Crippen LogP contribution in [0.25, 0.3) is 0 Å². The summed E-state index contributed by atoms with van der Waals surface area (Å²) in [6, 6.07) is 14.5. The number of hydrogen-bond acceptors (Lipinski definition) is 5. The van der Waals surface area contributed by atoms with Gasteiger partial charge in [-0.05, 0) is 66.5 Å². The Labute approximate surface area is 214 Å². The first-order chi connectivity index (χ1) is 17.5. The molecule has 0 aliphatic carbocycles. The molecule has 0 radical (unpaired) electrons. The van der Waals surface area contributed by atoms with Crippen LogP contribution in [-0.2, 0) is 24.2 Å². The smallest absolute Gasteiger partial charge is 0.254 e. The van der Waals surface area contributed by atoms with E-state index in [4.69, 9.17) is 0 Å². The van der Waals surface area contributed by atoms with E-state index in [1.165, 1.54) is 11.1 Å². The number of aliphatic hydroxyl groups is 1. The highest BCUT2D eigenvalue weighted by Crippen LogP contribution is 2.25. The van der Waals surface area contributed by atoms with Gasteiger partial charge >= 0.3 is 0 Å². The molecule has 1 unspecified atom stereocenters. The van der Waals surface area contributed by atoms with Crippen LogP contribution in [0.2, 0.25) is 0 Å². The van der Waals surface area contributed by atoms with Gasteiger partial charge in [-0.1, -0.05) is 24.3 Å². The lowest BCUT2D eigenvalue weighted by Crippen LogP contribution is -2.46. The SMILES string of the molecule is CC(=O)N1CCC(CNc2ccc3c(c2)CCN(CC(O)CN2CCc4ccccc4C2)C3=O)CC1. The van der Waals surface area contributed by atoms with Crippen LogP contribution in [0.15, 0.2) is 42.5 Å². The fraction of sp³-hybridized carbons (Fsp3) is 0.517. The Morgan fingerprint density at radius 2 is 1.75 bits per heavy atom. The number of hydrogen-bond donors (Lipinski definition) is 2. The summed E-state index contributed by atoms with van der Waals surface area (Å²) < 4.78 is 0. The highest BCUT2D eigenvalue weighted by molar-refractivity contribution is 5.97. The maximum absolute atomic E-state index is 13.2. The number of nitrogens with zero attached hydrogens (tertiary/aromatic N) is 3. The van der Waals surface area contributed by atoms with Crippen LogP contribution in [0.3, 0.4) is 0 Å². The zero-order chi connectivity index (χ0) is 25.1. The summed E-state index contributed by atoms with van der Waals surface area (Å²) in [5.41, 5.74) is 5.62. The second-order valence-electron chi connectivity index (χ2n) is 10.6. The molecule has 0 bridgehead atoms. The molecule has 7 heteroatoms. The first-order valence-electron chi connectivity index (χ1n) is 13.3. The second kappa shape index (κ2) is 11.0. The number of fused-ring (bicyclic) bond motifs is 2. The second-order valence-corrected chi connectivity index (χ2v) is 10.6. The molecule has 3 aliphatic heterocycles. The molecular formula is C29H38N4O3. The standard InChI is InChI=1S/C29H38N4O3/c1-21(34)32-13-8-22(9-14-32)17-30-26-6-7-28-24(16-26)11-15-33(29(28)36)20-27(35)19-31-12-10-23-4-2-3-5-25(23)18-31/h2-7,16,22,27,30,35H,8-15,17-20H2,1H3. The number of nitrogens with one attached hydrogen (secondary N) is 1. The van der Waals surface area contributed by atoms with E-state index >= 15 is 0 Å². The molecule has 192 valence electrons. The molecule has 2 aromatic rings. The third kappa shape index (κ3) is 5.73. The van der Waals surface area contributed by atoms with Gasteiger partial charge in [0.15, 0.2) is 0 Å². The number of aliphatic hydroxyl groups excluding tert-OH is 1. The maximum Gasteiger partial charge on any atom is 0.254 e. The summed E-state index contributed by atoms with van der Waals surface area (Å²) in [7, 11) is 0. The monoisotopic (exact) mass is 490 g/mol. The van der Waals surface area contributed by atoms with Crippen molar-refractivity contribution in [2.45, 2.75) is 45.3 Å². The molecule has 0 aromatic heterocycles. The van der Waals surface area contributed by atoms with Gasteiger partial charge in [0.25, 0.3) is 5.91 Å². The van der Waals surface area contributed by atoms with Gasteiger partial charge in [0.2, 0.25) is 5.91 Å². The Bertz CT molecular complexity index is 1100. The van der Waals surface area contributed by atoms with Crippen molar-refractivity contribution in [2.75, 3.05) is 51.1 Å². The number of rotatable bonds is 7. The molecule has 3 aliphatic rings. The molecule has 0 spiro atoms. The van der Waals surface area contributed by atoms with Crippen molar-refractivity contribution in [3.05, 3.63) is 64.7 Å². The van der Waals surface area contributed by atoms with E-state index in [1.54, 1.807) is 11.8 Å². The molecule has 36 heavy (non-hydrogen) atoms. The van der Waals surface area contributed by atoms with E-state index in [0.29, 0.717) is 25.6 Å². The van der Waals surface area contributed by atoms with E-state index in [2.05, 4.69) is 40.5 Å². The number of carbonyl (C=O) groups is 2. The van der Waals surface area contributed by atoms with E-state index in [0.717, 1.165) is 75.2 Å². The zero-order valence-electron chi connectivity index (χ0n) is 21.3. The minimum absolute atomic E-state index is 0.0162. The molecule has 3 heterocycles. The third-order valence-corrected chi connectivity index (χ3v) is 8.04. The molecule has 1 atom stereocenters. The third-order valence-electron chi connectivity index (χ3n) is 8.04. The first-order valence-corrected chi connectivity index (χ1v) is 13.3. The summed E-state index contributed by atoms with van der Waals surface area (Å²) in [5.74, 6) is 0.741. The Hall–Kier alpha value is -2.90. The Morgan fingerprint density at radius 3 is 2.53 bits per heavy atom. The molecule has 7 nitrogen and oxygen atoms in total. The van der Waals surface area contributed by atoms with Gasteiger partial charge in [-0.3, -0.25) is 14.5 Å². The molecule has 2 aromatic carbocycles. The Balaban J connectivity index is 1.11. The van der Waals surface area contributed by atoms with Crippen molar-refractivity contribution in [1.29, 1.82) is 0 Å². The van der Waals surface area contributed by atoms with Crippen molar-refractivity contribution < 1.29 is 14.7 Å². The predicted octanol–water partition coefficient (Wildman–Crippen LogP) is 2.77. The average Bonchev–Trinajstić information content (AvgIpc) is 2.89. The van der Waals surface area contributed by atoms with E-state index < -0.39 is 6.10 Å². The lowest BCUT2D eigenvalue weighted by atomic mass is 9.95. The van der Waals surface area contributed by atoms with E-state index in [1.807, 2.05) is 17.0 Å². The normalized spacial score (nSPS) is 19.6. The minimum Gasteiger partial charge on any atom is -0.390 e. The quantitative estimate of drug-likeness (QED) is 0.624. The van der Waals surface area contributed by atoms with Crippen LogP contribution < -0.4 is 5.32 Å². The molecule has 2 amide bonds. The van der Waals surface area contributed by atoms with Gasteiger partial charge in [-0.2, -0.15) is 0 Å². The number of amides is 2. The highest BCUT2D eigenvalue weighted by Gasteiger charge is 2.28. The lowest BCUT2D eigenvalue weighted by Gasteiger charge is -2.34. The minimum atomic E-state index is -0.559. The molecule has 0 saturated carbocycles. The van der Waals surface area contributed by atoms with Crippen LogP contribution in [-0.4, -0.2) is 83.5 Å². The van der Waals surface area contributed by atoms with Crippen LogP contribution in [0.5, 0.6) is 0 Å².